The van der Waals surface area contributed by atoms with E-state index >= 15 is 0 Å². The van der Waals surface area contributed by atoms with Crippen LogP contribution in [0.5, 0.6) is 5.75 Å². The molecule has 0 radical (unpaired) electrons. The summed E-state index contributed by atoms with van der Waals surface area (Å²) in [5, 5.41) is 2.83. The van der Waals surface area contributed by atoms with E-state index in [1.165, 1.54) is 9.13 Å². The van der Waals surface area contributed by atoms with E-state index in [1.54, 1.807) is 0 Å². The number of carbonyl (C=O) groups excluding carboxylic acids is 1. The van der Waals surface area contributed by atoms with Crippen LogP contribution in [-0.4, -0.2) is 12.5 Å². The molecule has 1 amide bonds. The number of nitrogens with one attached hydrogen (secondary N) is 1. The van der Waals surface area contributed by atoms with Crippen LogP contribution in [0.25, 0.3) is 0 Å². The summed E-state index contributed by atoms with van der Waals surface area (Å²) in [6.07, 6.45) is 0. The number of amides is 1. The van der Waals surface area contributed by atoms with Gasteiger partial charge in [-0.3, -0.25) is 4.79 Å². The Bertz CT molecular complexity index is 675. The molecule has 102 valence electrons. The van der Waals surface area contributed by atoms with Gasteiger partial charge in [-0.15, -0.1) is 0 Å². The fourth-order valence-electron chi connectivity index (χ4n) is 2.12. The molecule has 1 aliphatic rings. The van der Waals surface area contributed by atoms with E-state index in [0.29, 0.717) is 0 Å². The molecule has 2 aromatic rings. The van der Waals surface area contributed by atoms with Crippen LogP contribution in [0.3, 0.4) is 0 Å². The molecule has 5 heteroatoms. The first-order chi connectivity index (χ1) is 9.63. The normalized spacial score (nSPS) is 15.0. The van der Waals surface area contributed by atoms with E-state index < -0.39 is 0 Å². The highest BCUT2D eigenvalue weighted by Crippen LogP contribution is 2.36. The molecular weight excluding hydrogens is 433 g/mol. The Kier molecular flexibility index (Phi) is 3.98. The van der Waals surface area contributed by atoms with Crippen molar-refractivity contribution in [3.05, 3.63) is 57.2 Å². The van der Waals surface area contributed by atoms with E-state index in [1.807, 2.05) is 24.3 Å². The van der Waals surface area contributed by atoms with Crippen LogP contribution < -0.4 is 10.1 Å². The van der Waals surface area contributed by atoms with Crippen LogP contribution in [0.1, 0.15) is 16.0 Å². The molecule has 0 fully saturated rings. The molecule has 1 aliphatic heterocycles. The molecule has 0 aliphatic carbocycles. The maximum absolute atomic E-state index is 11.4. The Labute approximate surface area is 139 Å². The summed E-state index contributed by atoms with van der Waals surface area (Å²) in [7, 11) is 0. The largest absolute Gasteiger partial charge is 0.482 e. The number of ether oxygens (including phenoxy) is 1. The number of hydrogen-bond donors (Lipinski definition) is 1. The number of benzene rings is 2. The van der Waals surface area contributed by atoms with E-state index in [2.05, 4.69) is 62.0 Å². The number of rotatable bonds is 2. The van der Waals surface area contributed by atoms with Gasteiger partial charge in [0.25, 0.3) is 5.91 Å². The highest BCUT2D eigenvalue weighted by atomic mass is 127. The second-order valence-electron chi connectivity index (χ2n) is 4.51. The van der Waals surface area contributed by atoms with Gasteiger partial charge in [0.05, 0.1) is 10.5 Å². The summed E-state index contributed by atoms with van der Waals surface area (Å²) in [5.41, 5.74) is 2.99. The van der Waals surface area contributed by atoms with Crippen molar-refractivity contribution in [1.82, 2.24) is 0 Å². The predicted octanol–water partition coefficient (Wildman–Crippen LogP) is 4.11. The molecule has 3 rings (SSSR count). The third-order valence-electron chi connectivity index (χ3n) is 3.07. The van der Waals surface area contributed by atoms with Crippen LogP contribution >= 0.6 is 38.5 Å². The van der Waals surface area contributed by atoms with E-state index in [4.69, 9.17) is 4.74 Å². The highest BCUT2D eigenvalue weighted by molar-refractivity contribution is 14.1. The molecule has 0 saturated heterocycles. The average Bonchev–Trinajstić information content (AvgIpc) is 2.45. The lowest BCUT2D eigenvalue weighted by molar-refractivity contribution is -0.118. The number of carbonyl (C=O) groups is 1. The molecule has 0 bridgehead atoms. The van der Waals surface area contributed by atoms with E-state index in [-0.39, 0.29) is 17.3 Å². The lowest BCUT2D eigenvalue weighted by atomic mass is 10.0. The Morgan fingerprint density at radius 2 is 2.00 bits per heavy atom. The lowest BCUT2D eigenvalue weighted by Crippen LogP contribution is -2.25. The van der Waals surface area contributed by atoms with Gasteiger partial charge in [0.2, 0.25) is 0 Å². The molecule has 1 unspecified atom stereocenters. The molecule has 3 nitrogen and oxygen atoms in total. The van der Waals surface area contributed by atoms with Crippen molar-refractivity contribution in [3.63, 3.8) is 0 Å². The summed E-state index contributed by atoms with van der Waals surface area (Å²) in [5.74, 6) is 0.603. The van der Waals surface area contributed by atoms with Gasteiger partial charge in [-0.25, -0.2) is 0 Å². The third-order valence-corrected chi connectivity index (χ3v) is 4.80. The zero-order valence-electron chi connectivity index (χ0n) is 10.4. The van der Waals surface area contributed by atoms with E-state index in [0.717, 1.165) is 17.0 Å². The standard InChI is InChI=1S/C15H11BrINO2/c16-15(9-2-1-3-11(17)6-9)10-4-5-13-12(7-10)18-14(19)8-20-13/h1-7,15H,8H2,(H,18,19). The van der Waals surface area contributed by atoms with Gasteiger partial charge in [0.1, 0.15) is 5.75 Å². The van der Waals surface area contributed by atoms with Gasteiger partial charge in [-0.2, -0.15) is 0 Å². The first-order valence-electron chi connectivity index (χ1n) is 6.09. The Morgan fingerprint density at radius 1 is 1.20 bits per heavy atom. The molecule has 1 N–H and O–H groups in total. The van der Waals surface area contributed by atoms with Gasteiger partial charge in [0, 0.05) is 3.57 Å². The van der Waals surface area contributed by atoms with Crippen LogP contribution in [0.4, 0.5) is 5.69 Å². The van der Waals surface area contributed by atoms with Gasteiger partial charge in [-0.05, 0) is 58.0 Å². The Morgan fingerprint density at radius 3 is 2.80 bits per heavy atom. The number of halogens is 2. The van der Waals surface area contributed by atoms with Crippen molar-refractivity contribution in [2.75, 3.05) is 11.9 Å². The maximum atomic E-state index is 11.4. The van der Waals surface area contributed by atoms with E-state index in [9.17, 15) is 4.79 Å². The topological polar surface area (TPSA) is 38.3 Å². The zero-order valence-corrected chi connectivity index (χ0v) is 14.1. The van der Waals surface area contributed by atoms with Crippen LogP contribution in [0, 0.1) is 3.57 Å². The van der Waals surface area contributed by atoms with Crippen molar-refractivity contribution in [2.45, 2.75) is 4.83 Å². The SMILES string of the molecule is O=C1COc2ccc(C(Br)c3cccc(I)c3)cc2N1. The van der Waals surface area contributed by atoms with Crippen LogP contribution in [0.2, 0.25) is 0 Å². The minimum Gasteiger partial charge on any atom is -0.482 e. The van der Waals surface area contributed by atoms with Crippen molar-refractivity contribution < 1.29 is 9.53 Å². The average molecular weight is 444 g/mol. The van der Waals surface area contributed by atoms with Crippen molar-refractivity contribution in [2.24, 2.45) is 0 Å². The van der Waals surface area contributed by atoms with Crippen LogP contribution in [-0.2, 0) is 4.79 Å². The first kappa shape index (κ1) is 13.9. The maximum Gasteiger partial charge on any atom is 0.262 e. The zero-order chi connectivity index (χ0) is 14.1. The molecule has 1 atom stereocenters. The van der Waals surface area contributed by atoms with Gasteiger partial charge >= 0.3 is 0 Å². The second-order valence-corrected chi connectivity index (χ2v) is 6.67. The molecule has 0 saturated carbocycles. The molecule has 0 spiro atoms. The molecule has 20 heavy (non-hydrogen) atoms. The first-order valence-corrected chi connectivity index (χ1v) is 8.09. The van der Waals surface area contributed by atoms with Gasteiger partial charge in [-0.1, -0.05) is 34.1 Å². The Hall–Kier alpha value is -1.08. The van der Waals surface area contributed by atoms with Crippen molar-refractivity contribution >= 4 is 50.1 Å². The number of fused-ring (bicyclic) bond motifs is 1. The lowest BCUT2D eigenvalue weighted by Gasteiger charge is -2.20. The number of hydrogen-bond acceptors (Lipinski definition) is 2. The Balaban J connectivity index is 1.94. The molecule has 1 heterocycles. The third kappa shape index (κ3) is 2.83. The predicted molar refractivity (Wildman–Crippen MR) is 90.5 cm³/mol. The summed E-state index contributed by atoms with van der Waals surface area (Å²) < 4.78 is 6.56. The van der Waals surface area contributed by atoms with Crippen molar-refractivity contribution in [3.8, 4) is 5.75 Å². The number of alkyl halides is 1. The minimum atomic E-state index is -0.116. The second kappa shape index (κ2) is 5.73. The summed E-state index contributed by atoms with van der Waals surface area (Å²) in [6, 6.07) is 14.2. The molecule has 0 aromatic heterocycles. The van der Waals surface area contributed by atoms with Crippen molar-refractivity contribution in [1.29, 1.82) is 0 Å². The monoisotopic (exact) mass is 443 g/mol. The number of anilines is 1. The van der Waals surface area contributed by atoms with Gasteiger partial charge < -0.3 is 10.1 Å². The van der Waals surface area contributed by atoms with Gasteiger partial charge in [0.15, 0.2) is 6.61 Å². The minimum absolute atomic E-state index is 0.0843. The fourth-order valence-corrected chi connectivity index (χ4v) is 3.25. The highest BCUT2D eigenvalue weighted by Gasteiger charge is 2.18. The smallest absolute Gasteiger partial charge is 0.262 e. The quantitative estimate of drug-likeness (QED) is 0.560. The summed E-state index contributed by atoms with van der Waals surface area (Å²) >= 11 is 6.01. The van der Waals surface area contributed by atoms with Crippen LogP contribution in [0.15, 0.2) is 42.5 Å². The summed E-state index contributed by atoms with van der Waals surface area (Å²) in [6.45, 7) is 0.0843. The summed E-state index contributed by atoms with van der Waals surface area (Å²) in [4.78, 5) is 11.5. The molecular formula is C15H11BrINO2. The molecule has 2 aromatic carbocycles. The fraction of sp³-hybridized carbons (Fsp3) is 0.133.